The summed E-state index contributed by atoms with van der Waals surface area (Å²) in [4.78, 5) is 14.7. The van der Waals surface area contributed by atoms with Gasteiger partial charge in [0.1, 0.15) is 0 Å². The monoisotopic (exact) mass is 394 g/mol. The molecule has 1 saturated heterocycles. The fourth-order valence-corrected chi connectivity index (χ4v) is 4.84. The summed E-state index contributed by atoms with van der Waals surface area (Å²) in [6.45, 7) is 1.98. The van der Waals surface area contributed by atoms with Crippen LogP contribution < -0.4 is 10.5 Å². The molecular weight excluding hydrogens is 364 g/mol. The quantitative estimate of drug-likeness (QED) is 0.759. The highest BCUT2D eigenvalue weighted by Gasteiger charge is 2.28. The number of nitrogens with one attached hydrogen (secondary N) is 1. The molecule has 0 bridgehead atoms. The predicted octanol–water partition coefficient (Wildman–Crippen LogP) is 1.25. The molecule has 1 aliphatic carbocycles. The van der Waals surface area contributed by atoms with Crippen molar-refractivity contribution < 1.29 is 13.2 Å². The van der Waals surface area contributed by atoms with Gasteiger partial charge in [0.25, 0.3) is 10.2 Å². The molecule has 7 nitrogen and oxygen atoms in total. The number of hydrogen-bond acceptors (Lipinski definition) is 4. The Morgan fingerprint density at radius 3 is 2.30 bits per heavy atom. The van der Waals surface area contributed by atoms with Crippen LogP contribution in [-0.2, 0) is 15.0 Å². The molecule has 8 heteroatoms. The van der Waals surface area contributed by atoms with Gasteiger partial charge in [-0.05, 0) is 24.3 Å². The zero-order chi connectivity index (χ0) is 19.3. The van der Waals surface area contributed by atoms with Crippen LogP contribution in [0.15, 0.2) is 30.3 Å². The van der Waals surface area contributed by atoms with Crippen LogP contribution in [0.2, 0.25) is 0 Å². The Kier molecular flexibility index (Phi) is 6.86. The van der Waals surface area contributed by atoms with Crippen molar-refractivity contribution in [2.45, 2.75) is 38.1 Å². The number of carbonyl (C=O) groups excluding carboxylic acids is 1. The maximum absolute atomic E-state index is 12.7. The summed E-state index contributed by atoms with van der Waals surface area (Å²) in [5.74, 6) is 0.475. The van der Waals surface area contributed by atoms with Crippen LogP contribution in [-0.4, -0.2) is 56.3 Å². The normalized spacial score (nSPS) is 21.7. The Hall–Kier alpha value is -1.48. The molecule has 0 aromatic heterocycles. The van der Waals surface area contributed by atoms with Crippen LogP contribution in [0.3, 0.4) is 0 Å². The first-order chi connectivity index (χ1) is 12.9. The summed E-state index contributed by atoms with van der Waals surface area (Å²) < 4.78 is 24.1. The van der Waals surface area contributed by atoms with E-state index in [2.05, 4.69) is 17.4 Å². The number of amides is 1. The third-order valence-corrected chi connectivity index (χ3v) is 6.74. The number of nitrogens with two attached hydrogens (primary N) is 1. The molecule has 3 N–H and O–H groups in total. The first-order valence-corrected chi connectivity index (χ1v) is 11.3. The second kappa shape index (κ2) is 9.14. The summed E-state index contributed by atoms with van der Waals surface area (Å²) in [5.41, 5.74) is 1.16. The Balaban J connectivity index is 1.58. The van der Waals surface area contributed by atoms with Gasteiger partial charge in [-0.3, -0.25) is 9.69 Å². The topological polar surface area (TPSA) is 95.7 Å². The van der Waals surface area contributed by atoms with Gasteiger partial charge in [0.15, 0.2) is 0 Å². The largest absolute Gasteiger partial charge is 0.348 e. The molecule has 1 saturated carbocycles. The lowest BCUT2D eigenvalue weighted by molar-refractivity contribution is -0.123. The molecule has 150 valence electrons. The van der Waals surface area contributed by atoms with Crippen molar-refractivity contribution in [1.29, 1.82) is 0 Å². The van der Waals surface area contributed by atoms with Crippen molar-refractivity contribution in [2.75, 3.05) is 32.7 Å². The molecule has 2 fully saturated rings. The fourth-order valence-electron chi connectivity index (χ4n) is 4.17. The minimum absolute atomic E-state index is 0.00141. The van der Waals surface area contributed by atoms with E-state index < -0.39 is 10.2 Å². The van der Waals surface area contributed by atoms with Gasteiger partial charge >= 0.3 is 0 Å². The van der Waals surface area contributed by atoms with Crippen molar-refractivity contribution in [3.63, 3.8) is 0 Å². The van der Waals surface area contributed by atoms with E-state index in [1.54, 1.807) is 0 Å². The molecule has 0 radical (unpaired) electrons. The van der Waals surface area contributed by atoms with Gasteiger partial charge in [0.2, 0.25) is 5.91 Å². The van der Waals surface area contributed by atoms with E-state index in [1.807, 2.05) is 23.1 Å². The first-order valence-electron chi connectivity index (χ1n) is 9.78. The highest BCUT2D eigenvalue weighted by molar-refractivity contribution is 7.86. The van der Waals surface area contributed by atoms with Crippen molar-refractivity contribution in [1.82, 2.24) is 14.5 Å². The van der Waals surface area contributed by atoms with Crippen LogP contribution >= 0.6 is 0 Å². The van der Waals surface area contributed by atoms with E-state index in [0.717, 1.165) is 18.4 Å². The maximum atomic E-state index is 12.7. The smallest absolute Gasteiger partial charge is 0.276 e. The summed E-state index contributed by atoms with van der Waals surface area (Å²) in [6, 6.07) is 10.3. The molecule has 3 rings (SSSR count). The molecule has 2 aliphatic rings. The van der Waals surface area contributed by atoms with Gasteiger partial charge in [-0.1, -0.05) is 49.6 Å². The minimum Gasteiger partial charge on any atom is -0.348 e. The summed E-state index contributed by atoms with van der Waals surface area (Å²) in [5, 5.41) is 8.42. The second-order valence-corrected chi connectivity index (χ2v) is 9.12. The average Bonchev–Trinajstić information content (AvgIpc) is 2.67. The molecule has 1 atom stereocenters. The lowest BCUT2D eigenvalue weighted by Gasteiger charge is -2.34. The lowest BCUT2D eigenvalue weighted by Crippen LogP contribution is -2.52. The number of nitrogens with zero attached hydrogens (tertiary/aromatic N) is 2. The molecule has 1 heterocycles. The first kappa shape index (κ1) is 20.3. The lowest BCUT2D eigenvalue weighted by atomic mass is 9.81. The van der Waals surface area contributed by atoms with Crippen LogP contribution in [0.1, 0.15) is 43.7 Å². The van der Waals surface area contributed by atoms with Crippen LogP contribution in [0.4, 0.5) is 0 Å². The predicted molar refractivity (Wildman–Crippen MR) is 105 cm³/mol. The van der Waals surface area contributed by atoms with Crippen LogP contribution in [0.5, 0.6) is 0 Å². The number of rotatable bonds is 6. The molecular formula is C19H30N4O3S. The van der Waals surface area contributed by atoms with Crippen LogP contribution in [0, 0.1) is 5.92 Å². The number of hydrogen-bond donors (Lipinski definition) is 2. The zero-order valence-electron chi connectivity index (χ0n) is 15.7. The molecule has 1 amide bonds. The standard InChI is InChI=1S/C19H30N4O3S/c20-27(25,26)23-13-11-22(12-14-23)15-18(24)21-19(16-7-3-1-4-8-16)17-9-5-2-6-10-17/h1,3-4,7-8,17,19H,2,5-6,9-15H2,(H,21,24)(H2,20,25,26). The molecule has 1 aromatic carbocycles. The van der Waals surface area contributed by atoms with E-state index >= 15 is 0 Å². The molecule has 1 unspecified atom stereocenters. The van der Waals surface area contributed by atoms with Crippen molar-refractivity contribution in [2.24, 2.45) is 11.1 Å². The van der Waals surface area contributed by atoms with E-state index in [4.69, 9.17) is 5.14 Å². The van der Waals surface area contributed by atoms with Gasteiger partial charge in [-0.25, -0.2) is 5.14 Å². The van der Waals surface area contributed by atoms with Gasteiger partial charge in [-0.2, -0.15) is 12.7 Å². The van der Waals surface area contributed by atoms with Gasteiger partial charge in [-0.15, -0.1) is 0 Å². The number of carbonyl (C=O) groups is 1. The summed E-state index contributed by atoms with van der Waals surface area (Å²) in [6.07, 6.45) is 6.01. The van der Waals surface area contributed by atoms with Gasteiger partial charge < -0.3 is 5.32 Å². The summed E-state index contributed by atoms with van der Waals surface area (Å²) in [7, 11) is -3.64. The second-order valence-electron chi connectivity index (χ2n) is 7.57. The Labute approximate surface area is 162 Å². The minimum atomic E-state index is -3.64. The Bertz CT molecular complexity index is 712. The van der Waals surface area contributed by atoms with Crippen molar-refractivity contribution >= 4 is 16.1 Å². The van der Waals surface area contributed by atoms with E-state index in [9.17, 15) is 13.2 Å². The SMILES string of the molecule is NS(=O)(=O)N1CCN(CC(=O)NC(c2ccccc2)C2CCCCC2)CC1. The third kappa shape index (κ3) is 5.75. The molecule has 1 aliphatic heterocycles. The Morgan fingerprint density at radius 1 is 1.07 bits per heavy atom. The van der Waals surface area contributed by atoms with E-state index in [1.165, 1.54) is 23.6 Å². The van der Waals surface area contributed by atoms with E-state index in [0.29, 0.717) is 32.1 Å². The molecule has 27 heavy (non-hydrogen) atoms. The van der Waals surface area contributed by atoms with Crippen molar-refractivity contribution in [3.05, 3.63) is 35.9 Å². The fraction of sp³-hybridized carbons (Fsp3) is 0.632. The molecule has 0 spiro atoms. The third-order valence-electron chi connectivity index (χ3n) is 5.65. The zero-order valence-corrected chi connectivity index (χ0v) is 16.5. The number of piperazine rings is 1. The highest BCUT2D eigenvalue weighted by atomic mass is 32.2. The molecule has 1 aromatic rings. The van der Waals surface area contributed by atoms with Gasteiger partial charge in [0.05, 0.1) is 12.6 Å². The Morgan fingerprint density at radius 2 is 1.70 bits per heavy atom. The van der Waals surface area contributed by atoms with E-state index in [-0.39, 0.29) is 18.5 Å². The highest BCUT2D eigenvalue weighted by Crippen LogP contribution is 2.34. The average molecular weight is 395 g/mol. The van der Waals surface area contributed by atoms with Crippen LogP contribution in [0.25, 0.3) is 0 Å². The van der Waals surface area contributed by atoms with Crippen molar-refractivity contribution in [3.8, 4) is 0 Å². The maximum Gasteiger partial charge on any atom is 0.276 e. The van der Waals surface area contributed by atoms with Gasteiger partial charge in [0, 0.05) is 26.2 Å². The summed E-state index contributed by atoms with van der Waals surface area (Å²) >= 11 is 0. The number of benzene rings is 1.